The summed E-state index contributed by atoms with van der Waals surface area (Å²) in [5, 5.41) is 4.23. The van der Waals surface area contributed by atoms with Crippen molar-refractivity contribution in [2.45, 2.75) is 25.3 Å². The molecule has 0 amide bonds. The van der Waals surface area contributed by atoms with E-state index in [0.717, 1.165) is 11.1 Å². The molecule has 3 aromatic rings. The predicted octanol–water partition coefficient (Wildman–Crippen LogP) is 3.35. The summed E-state index contributed by atoms with van der Waals surface area (Å²) in [6.45, 7) is 4.55. The first-order valence-electron chi connectivity index (χ1n) is 7.60. The molecule has 124 valence electrons. The van der Waals surface area contributed by atoms with Gasteiger partial charge in [0, 0.05) is 6.20 Å². The van der Waals surface area contributed by atoms with Crippen LogP contribution in [0.2, 0.25) is 0 Å². The Morgan fingerprint density at radius 2 is 1.75 bits per heavy atom. The average molecular weight is 341 g/mol. The number of aryl methyl sites for hydroxylation is 2. The highest BCUT2D eigenvalue weighted by Gasteiger charge is 2.14. The molecule has 0 spiro atoms. The maximum absolute atomic E-state index is 12.4. The molecule has 0 aliphatic heterocycles. The van der Waals surface area contributed by atoms with Gasteiger partial charge in [0.2, 0.25) is 0 Å². The van der Waals surface area contributed by atoms with Gasteiger partial charge in [0.1, 0.15) is 0 Å². The van der Waals surface area contributed by atoms with Crippen molar-refractivity contribution in [1.29, 1.82) is 0 Å². The minimum Gasteiger partial charge on any atom is -0.276 e. The molecule has 1 N–H and O–H groups in total. The fourth-order valence-corrected chi connectivity index (χ4v) is 3.42. The van der Waals surface area contributed by atoms with Gasteiger partial charge in [-0.05, 0) is 37.1 Å². The van der Waals surface area contributed by atoms with Crippen LogP contribution >= 0.6 is 0 Å². The van der Waals surface area contributed by atoms with Crippen molar-refractivity contribution in [1.82, 2.24) is 9.78 Å². The van der Waals surface area contributed by atoms with Gasteiger partial charge >= 0.3 is 0 Å². The average Bonchev–Trinajstić information content (AvgIpc) is 2.96. The van der Waals surface area contributed by atoms with Gasteiger partial charge in [-0.25, -0.2) is 8.42 Å². The molecule has 0 bridgehead atoms. The SMILES string of the molecule is Cc1ccc(S(=O)(=O)Nc2cnn(Cc3ccccc3C)c2)cc1. The molecule has 0 saturated carbocycles. The van der Waals surface area contributed by atoms with E-state index in [1.165, 1.54) is 11.8 Å². The number of sulfonamides is 1. The number of nitrogens with one attached hydrogen (secondary N) is 1. The molecule has 1 heterocycles. The highest BCUT2D eigenvalue weighted by atomic mass is 32.2. The summed E-state index contributed by atoms with van der Waals surface area (Å²) < 4.78 is 29.1. The Labute approximate surface area is 142 Å². The Hall–Kier alpha value is -2.60. The van der Waals surface area contributed by atoms with Crippen molar-refractivity contribution in [3.05, 3.63) is 77.6 Å². The van der Waals surface area contributed by atoms with Crippen LogP contribution in [-0.4, -0.2) is 18.2 Å². The summed E-state index contributed by atoms with van der Waals surface area (Å²) in [6, 6.07) is 14.8. The van der Waals surface area contributed by atoms with E-state index in [2.05, 4.69) is 9.82 Å². The van der Waals surface area contributed by atoms with Gasteiger partial charge in [0.25, 0.3) is 10.0 Å². The Balaban J connectivity index is 1.76. The van der Waals surface area contributed by atoms with Gasteiger partial charge in [-0.15, -0.1) is 0 Å². The topological polar surface area (TPSA) is 64.0 Å². The molecule has 3 rings (SSSR count). The summed E-state index contributed by atoms with van der Waals surface area (Å²) >= 11 is 0. The van der Waals surface area contributed by atoms with Crippen LogP contribution in [0.1, 0.15) is 16.7 Å². The minimum absolute atomic E-state index is 0.236. The van der Waals surface area contributed by atoms with Crippen LogP contribution in [0, 0.1) is 13.8 Å². The van der Waals surface area contributed by atoms with E-state index in [0.29, 0.717) is 12.2 Å². The second-order valence-electron chi connectivity index (χ2n) is 5.77. The molecule has 2 aromatic carbocycles. The predicted molar refractivity (Wildman–Crippen MR) is 94.5 cm³/mol. The largest absolute Gasteiger partial charge is 0.276 e. The van der Waals surface area contributed by atoms with Crippen LogP contribution in [0.4, 0.5) is 5.69 Å². The molecular formula is C18H19N3O2S. The molecule has 0 aliphatic carbocycles. The number of rotatable bonds is 5. The maximum atomic E-state index is 12.4. The van der Waals surface area contributed by atoms with Crippen LogP contribution < -0.4 is 4.72 Å². The zero-order valence-electron chi connectivity index (χ0n) is 13.6. The van der Waals surface area contributed by atoms with Gasteiger partial charge in [-0.2, -0.15) is 5.10 Å². The molecule has 0 atom stereocenters. The van der Waals surface area contributed by atoms with Gasteiger partial charge < -0.3 is 0 Å². The molecule has 0 unspecified atom stereocenters. The van der Waals surface area contributed by atoms with Crippen molar-refractivity contribution in [2.75, 3.05) is 4.72 Å². The quantitative estimate of drug-likeness (QED) is 0.774. The van der Waals surface area contributed by atoms with E-state index in [4.69, 9.17) is 0 Å². The summed E-state index contributed by atoms with van der Waals surface area (Å²) in [7, 11) is -3.60. The number of benzene rings is 2. The third-order valence-electron chi connectivity index (χ3n) is 3.81. The first-order chi connectivity index (χ1) is 11.4. The summed E-state index contributed by atoms with van der Waals surface area (Å²) in [5.41, 5.74) is 3.78. The van der Waals surface area contributed by atoms with E-state index < -0.39 is 10.0 Å². The fraction of sp³-hybridized carbons (Fsp3) is 0.167. The van der Waals surface area contributed by atoms with Gasteiger partial charge in [-0.3, -0.25) is 9.40 Å². The van der Waals surface area contributed by atoms with Crippen LogP contribution in [0.25, 0.3) is 0 Å². The normalized spacial score (nSPS) is 11.4. The monoisotopic (exact) mass is 341 g/mol. The van der Waals surface area contributed by atoms with E-state index in [1.54, 1.807) is 35.1 Å². The molecule has 5 nitrogen and oxygen atoms in total. The third kappa shape index (κ3) is 3.65. The lowest BCUT2D eigenvalue weighted by molar-refractivity contribution is 0.601. The second kappa shape index (κ2) is 6.49. The fourth-order valence-electron chi connectivity index (χ4n) is 2.40. The van der Waals surface area contributed by atoms with Crippen molar-refractivity contribution in [3.63, 3.8) is 0 Å². The molecule has 24 heavy (non-hydrogen) atoms. The second-order valence-corrected chi connectivity index (χ2v) is 7.45. The Morgan fingerprint density at radius 1 is 1.04 bits per heavy atom. The van der Waals surface area contributed by atoms with Crippen LogP contribution in [0.3, 0.4) is 0 Å². The number of aromatic nitrogens is 2. The molecule has 0 radical (unpaired) electrons. The first-order valence-corrected chi connectivity index (χ1v) is 9.09. The molecule has 0 saturated heterocycles. The van der Waals surface area contributed by atoms with Crippen LogP contribution in [0.15, 0.2) is 65.8 Å². The number of anilines is 1. The lowest BCUT2D eigenvalue weighted by Crippen LogP contribution is -2.12. The molecular weight excluding hydrogens is 322 g/mol. The highest BCUT2D eigenvalue weighted by Crippen LogP contribution is 2.17. The summed E-state index contributed by atoms with van der Waals surface area (Å²) in [4.78, 5) is 0.236. The van der Waals surface area contributed by atoms with Crippen molar-refractivity contribution in [2.24, 2.45) is 0 Å². The minimum atomic E-state index is -3.60. The smallest absolute Gasteiger partial charge is 0.261 e. The summed E-state index contributed by atoms with van der Waals surface area (Å²) in [6.07, 6.45) is 3.21. The highest BCUT2D eigenvalue weighted by molar-refractivity contribution is 7.92. The zero-order valence-corrected chi connectivity index (χ0v) is 14.4. The maximum Gasteiger partial charge on any atom is 0.261 e. The van der Waals surface area contributed by atoms with E-state index in [1.807, 2.05) is 38.1 Å². The Kier molecular flexibility index (Phi) is 4.40. The van der Waals surface area contributed by atoms with E-state index >= 15 is 0 Å². The number of nitrogens with zero attached hydrogens (tertiary/aromatic N) is 2. The van der Waals surface area contributed by atoms with Crippen molar-refractivity contribution in [3.8, 4) is 0 Å². The molecule has 1 aromatic heterocycles. The molecule has 0 fully saturated rings. The van der Waals surface area contributed by atoms with Crippen LogP contribution in [0.5, 0.6) is 0 Å². The number of hydrogen-bond acceptors (Lipinski definition) is 3. The van der Waals surface area contributed by atoms with Gasteiger partial charge in [0.15, 0.2) is 0 Å². The lowest BCUT2D eigenvalue weighted by Gasteiger charge is -2.07. The third-order valence-corrected chi connectivity index (χ3v) is 5.21. The van der Waals surface area contributed by atoms with E-state index in [-0.39, 0.29) is 4.90 Å². The Bertz CT molecular complexity index is 944. The molecule has 6 heteroatoms. The van der Waals surface area contributed by atoms with Crippen molar-refractivity contribution < 1.29 is 8.42 Å². The number of hydrogen-bond donors (Lipinski definition) is 1. The van der Waals surface area contributed by atoms with E-state index in [9.17, 15) is 8.42 Å². The lowest BCUT2D eigenvalue weighted by atomic mass is 10.1. The van der Waals surface area contributed by atoms with Crippen LogP contribution in [-0.2, 0) is 16.6 Å². The Morgan fingerprint density at radius 3 is 2.46 bits per heavy atom. The summed E-state index contributed by atoms with van der Waals surface area (Å²) in [5.74, 6) is 0. The van der Waals surface area contributed by atoms with Gasteiger partial charge in [-0.1, -0.05) is 42.0 Å². The van der Waals surface area contributed by atoms with Crippen molar-refractivity contribution >= 4 is 15.7 Å². The zero-order chi connectivity index (χ0) is 17.2. The first kappa shape index (κ1) is 16.3. The molecule has 0 aliphatic rings. The van der Waals surface area contributed by atoms with Gasteiger partial charge in [0.05, 0.1) is 23.3 Å². The standard InChI is InChI=1S/C18H19N3O2S/c1-14-7-9-18(10-8-14)24(22,23)20-17-11-19-21(13-17)12-16-6-4-3-5-15(16)2/h3-11,13,20H,12H2,1-2H3.